The third-order valence-corrected chi connectivity index (χ3v) is 9.89. The molecule has 2 unspecified atom stereocenters. The Morgan fingerprint density at radius 2 is 1.75 bits per heavy atom. The fourth-order valence-corrected chi connectivity index (χ4v) is 8.94. The highest BCUT2D eigenvalue weighted by molar-refractivity contribution is 5.76. The molecule has 0 radical (unpaired) electrons. The van der Waals surface area contributed by atoms with Crippen LogP contribution in [0.5, 0.6) is 0 Å². The average Bonchev–Trinajstić information content (AvgIpc) is 3.27. The van der Waals surface area contributed by atoms with Gasteiger partial charge in [-0.15, -0.1) is 0 Å². The van der Waals surface area contributed by atoms with Crippen LogP contribution in [0.15, 0.2) is 18.2 Å². The fraction of sp³-hybridized carbons (Fsp3) is 0.731. The molecule has 5 nitrogen and oxygen atoms in total. The first-order chi connectivity index (χ1) is 15.5. The van der Waals surface area contributed by atoms with E-state index in [1.807, 2.05) is 6.07 Å². The zero-order valence-corrected chi connectivity index (χ0v) is 18.7. The summed E-state index contributed by atoms with van der Waals surface area (Å²) in [6.45, 7) is 0.963. The molecule has 172 valence electrons. The molecule has 0 spiro atoms. The van der Waals surface area contributed by atoms with E-state index < -0.39 is 5.60 Å². The fourth-order valence-electron chi connectivity index (χ4n) is 8.94. The van der Waals surface area contributed by atoms with Crippen molar-refractivity contribution in [1.29, 1.82) is 0 Å². The van der Waals surface area contributed by atoms with Crippen LogP contribution in [0.25, 0.3) is 0 Å². The molecule has 0 aromatic heterocycles. The zero-order chi connectivity index (χ0) is 21.6. The summed E-state index contributed by atoms with van der Waals surface area (Å²) in [6.07, 6.45) is 10.2. The molecule has 6 bridgehead atoms. The van der Waals surface area contributed by atoms with Gasteiger partial charge in [-0.05, 0) is 106 Å². The number of amides is 2. The molecule has 3 aliphatic heterocycles. The molecule has 8 rings (SSSR count). The second-order valence-electron chi connectivity index (χ2n) is 11.8. The van der Waals surface area contributed by atoms with Crippen LogP contribution < -0.4 is 10.2 Å². The maximum Gasteiger partial charge on any atom is 0.318 e. The van der Waals surface area contributed by atoms with E-state index in [2.05, 4.69) is 15.1 Å². The molecule has 6 fully saturated rings. The summed E-state index contributed by atoms with van der Waals surface area (Å²) in [6, 6.07) is 6.66. The van der Waals surface area contributed by atoms with Gasteiger partial charge in [0.25, 0.3) is 0 Å². The van der Waals surface area contributed by atoms with Crippen LogP contribution >= 0.6 is 0 Å². The van der Waals surface area contributed by atoms with Gasteiger partial charge in [0.1, 0.15) is 5.82 Å². The standard InChI is InChI=1S/C26H34FN3O2/c27-19-1-4-23-16(9-19)5-6-29(23)22-10-20-2-3-21(11-22)30(20)25(31)28-24-17-7-15-8-18(24)14-26(32,12-15)13-17/h1,4,9,15,17-18,20-22,24,32H,2-3,5-8,10-14H2,(H,28,31)/t15?,17?,18?,20-,21+,22-,24?,26?. The van der Waals surface area contributed by atoms with Crippen molar-refractivity contribution in [1.82, 2.24) is 10.2 Å². The van der Waals surface area contributed by atoms with E-state index in [0.29, 0.717) is 35.9 Å². The monoisotopic (exact) mass is 439 g/mol. The Morgan fingerprint density at radius 1 is 1.03 bits per heavy atom. The van der Waals surface area contributed by atoms with Crippen LogP contribution in [0.4, 0.5) is 14.9 Å². The SMILES string of the molecule is O=C(NC1C2CC3CC1CC(O)(C3)C2)N1[C@@H]2CC[C@H]1C[C@H](N1CCc3cc(F)ccc31)C2. The largest absolute Gasteiger partial charge is 0.390 e. The minimum absolute atomic E-state index is 0.143. The highest BCUT2D eigenvalue weighted by Crippen LogP contribution is 2.55. The average molecular weight is 440 g/mol. The third kappa shape index (κ3) is 2.94. The van der Waals surface area contributed by atoms with Gasteiger partial charge in [0.15, 0.2) is 0 Å². The maximum absolute atomic E-state index is 13.6. The normalized spacial score (nSPS) is 43.6. The lowest BCUT2D eigenvalue weighted by Crippen LogP contribution is -2.64. The molecule has 4 saturated carbocycles. The van der Waals surface area contributed by atoms with E-state index in [1.165, 1.54) is 18.5 Å². The van der Waals surface area contributed by atoms with Crippen molar-refractivity contribution in [2.24, 2.45) is 17.8 Å². The number of urea groups is 1. The van der Waals surface area contributed by atoms with Gasteiger partial charge in [-0.2, -0.15) is 0 Å². The Balaban J connectivity index is 1.05. The van der Waals surface area contributed by atoms with Gasteiger partial charge in [-0.1, -0.05) is 0 Å². The molecule has 3 heterocycles. The lowest BCUT2D eigenvalue weighted by Gasteiger charge is -2.58. The van der Waals surface area contributed by atoms with Gasteiger partial charge in [-0.25, -0.2) is 9.18 Å². The van der Waals surface area contributed by atoms with Crippen molar-refractivity contribution in [2.45, 2.75) is 94.0 Å². The van der Waals surface area contributed by atoms with Gasteiger partial charge in [0.2, 0.25) is 0 Å². The van der Waals surface area contributed by atoms with Crippen LogP contribution in [0.1, 0.15) is 63.4 Å². The van der Waals surface area contributed by atoms with E-state index >= 15 is 0 Å². The molecule has 2 saturated heterocycles. The number of carbonyl (C=O) groups is 1. The summed E-state index contributed by atoms with van der Waals surface area (Å²) in [4.78, 5) is 18.2. The molecule has 6 heteroatoms. The number of piperidine rings is 1. The van der Waals surface area contributed by atoms with Crippen molar-refractivity contribution >= 4 is 11.7 Å². The molecule has 4 aliphatic carbocycles. The number of halogens is 1. The predicted molar refractivity (Wildman–Crippen MR) is 120 cm³/mol. The Labute approximate surface area is 189 Å². The van der Waals surface area contributed by atoms with Crippen molar-refractivity contribution < 1.29 is 14.3 Å². The number of anilines is 1. The summed E-state index contributed by atoms with van der Waals surface area (Å²) in [5, 5.41) is 14.3. The lowest BCUT2D eigenvalue weighted by molar-refractivity contribution is -0.137. The predicted octanol–water partition coefficient (Wildman–Crippen LogP) is 3.83. The lowest BCUT2D eigenvalue weighted by atomic mass is 9.52. The maximum atomic E-state index is 13.6. The highest BCUT2D eigenvalue weighted by atomic mass is 19.1. The molecule has 1 aromatic rings. The number of hydrogen-bond acceptors (Lipinski definition) is 3. The van der Waals surface area contributed by atoms with Crippen LogP contribution in [-0.2, 0) is 6.42 Å². The Bertz CT molecular complexity index is 923. The number of fused-ring (bicyclic) bond motifs is 3. The molecule has 1 aromatic carbocycles. The minimum atomic E-state index is -0.454. The Kier molecular flexibility index (Phi) is 4.20. The first kappa shape index (κ1) is 19.6. The van der Waals surface area contributed by atoms with Crippen LogP contribution in [0.2, 0.25) is 0 Å². The van der Waals surface area contributed by atoms with E-state index in [-0.39, 0.29) is 17.9 Å². The van der Waals surface area contributed by atoms with Crippen molar-refractivity contribution in [2.75, 3.05) is 11.4 Å². The molecule has 7 aliphatic rings. The summed E-state index contributed by atoms with van der Waals surface area (Å²) in [5.41, 5.74) is 1.87. The van der Waals surface area contributed by atoms with E-state index in [1.54, 1.807) is 12.1 Å². The van der Waals surface area contributed by atoms with Crippen molar-refractivity contribution in [3.63, 3.8) is 0 Å². The number of rotatable bonds is 2. The minimum Gasteiger partial charge on any atom is -0.390 e. The van der Waals surface area contributed by atoms with Gasteiger partial charge in [0, 0.05) is 36.4 Å². The topological polar surface area (TPSA) is 55.8 Å². The summed E-state index contributed by atoms with van der Waals surface area (Å²) in [7, 11) is 0. The quantitative estimate of drug-likeness (QED) is 0.736. The molecular formula is C26H34FN3O2. The second-order valence-corrected chi connectivity index (χ2v) is 11.8. The number of nitrogens with one attached hydrogen (secondary N) is 1. The first-order valence-corrected chi connectivity index (χ1v) is 12.8. The Hall–Kier alpha value is -1.82. The van der Waals surface area contributed by atoms with Crippen molar-refractivity contribution in [3.05, 3.63) is 29.6 Å². The van der Waals surface area contributed by atoms with Crippen molar-refractivity contribution in [3.8, 4) is 0 Å². The molecule has 32 heavy (non-hydrogen) atoms. The van der Waals surface area contributed by atoms with Gasteiger partial charge in [0.05, 0.1) is 5.60 Å². The van der Waals surface area contributed by atoms with Gasteiger partial charge >= 0.3 is 6.03 Å². The summed E-state index contributed by atoms with van der Waals surface area (Å²) in [5.74, 6) is 1.42. The molecule has 2 N–H and O–H groups in total. The number of aliphatic hydroxyl groups is 1. The number of hydrogen-bond donors (Lipinski definition) is 2. The summed E-state index contributed by atoms with van der Waals surface area (Å²) >= 11 is 0. The second kappa shape index (κ2) is 6.85. The zero-order valence-electron chi connectivity index (χ0n) is 18.7. The van der Waals surface area contributed by atoms with Crippen LogP contribution in [-0.4, -0.2) is 52.4 Å². The number of benzene rings is 1. The summed E-state index contributed by atoms with van der Waals surface area (Å²) < 4.78 is 13.6. The van der Waals surface area contributed by atoms with Gasteiger partial charge in [-0.3, -0.25) is 0 Å². The number of carbonyl (C=O) groups excluding carboxylic acids is 1. The molecular weight excluding hydrogens is 405 g/mol. The Morgan fingerprint density at radius 3 is 2.44 bits per heavy atom. The van der Waals surface area contributed by atoms with E-state index in [0.717, 1.165) is 63.5 Å². The number of nitrogens with zero attached hydrogens (tertiary/aromatic N) is 2. The van der Waals surface area contributed by atoms with Gasteiger partial charge < -0.3 is 20.2 Å². The molecule has 2 amide bonds. The van der Waals surface area contributed by atoms with Crippen LogP contribution in [0, 0.1) is 23.6 Å². The molecule has 5 atom stereocenters. The van der Waals surface area contributed by atoms with E-state index in [4.69, 9.17) is 0 Å². The van der Waals surface area contributed by atoms with E-state index in [9.17, 15) is 14.3 Å². The smallest absolute Gasteiger partial charge is 0.318 e. The van der Waals surface area contributed by atoms with Crippen LogP contribution in [0.3, 0.4) is 0 Å². The third-order valence-electron chi connectivity index (χ3n) is 9.89. The highest BCUT2D eigenvalue weighted by Gasteiger charge is 2.56. The first-order valence-electron chi connectivity index (χ1n) is 12.8.